The minimum atomic E-state index is -0.908. The Hall–Kier alpha value is -1.49. The topological polar surface area (TPSA) is 40.5 Å². The largest absolute Gasteiger partial charge is 0.481 e. The number of nitrogens with zero attached hydrogens (tertiary/aromatic N) is 1. The molecule has 0 amide bonds. The van der Waals surface area contributed by atoms with Crippen LogP contribution in [0.2, 0.25) is 0 Å². The second-order valence-corrected chi connectivity index (χ2v) is 5.47. The Morgan fingerprint density at radius 2 is 1.95 bits per heavy atom. The molecule has 0 atom stereocenters. The van der Waals surface area contributed by atoms with Crippen molar-refractivity contribution in [3.8, 4) is 0 Å². The molecule has 1 aromatic carbocycles. The Balaban J connectivity index is 2.88. The average Bonchev–Trinajstić information content (AvgIpc) is 2.26. The Kier molecular flexibility index (Phi) is 5.00. The van der Waals surface area contributed by atoms with Gasteiger partial charge in [-0.25, -0.2) is 8.78 Å². The lowest BCUT2D eigenvalue weighted by Crippen LogP contribution is -2.42. The maximum absolute atomic E-state index is 13.6. The lowest BCUT2D eigenvalue weighted by molar-refractivity contribution is -0.137. The van der Waals surface area contributed by atoms with E-state index in [1.54, 1.807) is 0 Å². The van der Waals surface area contributed by atoms with E-state index in [4.69, 9.17) is 5.11 Å². The fraction of sp³-hybridized carbons (Fsp3) is 0.500. The van der Waals surface area contributed by atoms with Gasteiger partial charge in [-0.15, -0.1) is 0 Å². The van der Waals surface area contributed by atoms with E-state index in [9.17, 15) is 13.6 Å². The molecule has 1 aromatic rings. The van der Waals surface area contributed by atoms with Crippen LogP contribution < -0.4 is 0 Å². The van der Waals surface area contributed by atoms with E-state index >= 15 is 0 Å². The first-order valence-corrected chi connectivity index (χ1v) is 6.11. The molecule has 0 bridgehead atoms. The van der Waals surface area contributed by atoms with Gasteiger partial charge in [0.05, 0.1) is 6.42 Å². The second kappa shape index (κ2) is 6.10. The van der Waals surface area contributed by atoms with E-state index in [1.165, 1.54) is 0 Å². The second-order valence-electron chi connectivity index (χ2n) is 5.47. The van der Waals surface area contributed by atoms with Crippen LogP contribution in [0.3, 0.4) is 0 Å². The molecule has 0 fully saturated rings. The van der Waals surface area contributed by atoms with E-state index in [-0.39, 0.29) is 30.6 Å². The molecule has 0 saturated carbocycles. The van der Waals surface area contributed by atoms with Gasteiger partial charge < -0.3 is 5.11 Å². The first-order chi connectivity index (χ1) is 8.70. The number of hydrogen-bond acceptors (Lipinski definition) is 2. The highest BCUT2D eigenvalue weighted by Gasteiger charge is 2.23. The van der Waals surface area contributed by atoms with Gasteiger partial charge in [0.15, 0.2) is 0 Å². The van der Waals surface area contributed by atoms with Crippen molar-refractivity contribution < 1.29 is 18.7 Å². The van der Waals surface area contributed by atoms with Crippen LogP contribution in [0.25, 0.3) is 0 Å². The molecule has 0 heterocycles. The molecule has 0 unspecified atom stereocenters. The highest BCUT2D eigenvalue weighted by atomic mass is 19.1. The Labute approximate surface area is 111 Å². The summed E-state index contributed by atoms with van der Waals surface area (Å²) in [5, 5.41) is 8.73. The molecule has 1 N–H and O–H groups in total. The smallest absolute Gasteiger partial charge is 0.304 e. The van der Waals surface area contributed by atoms with Crippen LogP contribution in [0.1, 0.15) is 32.8 Å². The van der Waals surface area contributed by atoms with Crippen LogP contribution >= 0.6 is 0 Å². The Morgan fingerprint density at radius 3 is 2.47 bits per heavy atom. The van der Waals surface area contributed by atoms with Crippen LogP contribution in [0.4, 0.5) is 8.78 Å². The third-order valence-corrected chi connectivity index (χ3v) is 2.91. The van der Waals surface area contributed by atoms with Crippen LogP contribution in [0.15, 0.2) is 18.2 Å². The normalized spacial score (nSPS) is 11.9. The maximum Gasteiger partial charge on any atom is 0.304 e. The molecule has 0 spiro atoms. The molecule has 0 saturated heterocycles. The highest BCUT2D eigenvalue weighted by molar-refractivity contribution is 5.66. The minimum absolute atomic E-state index is 0.0335. The molecule has 106 valence electrons. The average molecular weight is 271 g/mol. The van der Waals surface area contributed by atoms with E-state index in [1.807, 2.05) is 25.7 Å². The van der Waals surface area contributed by atoms with E-state index in [0.29, 0.717) is 0 Å². The van der Waals surface area contributed by atoms with Crippen molar-refractivity contribution in [1.82, 2.24) is 4.90 Å². The third kappa shape index (κ3) is 4.95. The van der Waals surface area contributed by atoms with Gasteiger partial charge in [0, 0.05) is 24.2 Å². The van der Waals surface area contributed by atoms with Gasteiger partial charge in [-0.05, 0) is 39.0 Å². The van der Waals surface area contributed by atoms with E-state index in [2.05, 4.69) is 0 Å². The van der Waals surface area contributed by atoms with Gasteiger partial charge in [-0.1, -0.05) is 0 Å². The summed E-state index contributed by atoms with van der Waals surface area (Å²) < 4.78 is 26.7. The quantitative estimate of drug-likeness (QED) is 0.894. The number of carbonyl (C=O) groups is 1. The van der Waals surface area contributed by atoms with Crippen LogP contribution in [-0.4, -0.2) is 28.1 Å². The number of benzene rings is 1. The van der Waals surface area contributed by atoms with Crippen molar-refractivity contribution in [2.45, 2.75) is 39.3 Å². The summed E-state index contributed by atoms with van der Waals surface area (Å²) in [5.41, 5.74) is -0.0888. The number of carboxylic acid groups (broad SMARTS) is 1. The van der Waals surface area contributed by atoms with Gasteiger partial charge in [0.1, 0.15) is 11.6 Å². The zero-order valence-corrected chi connectivity index (χ0v) is 11.4. The predicted octanol–water partition coefficient (Wildman–Crippen LogP) is 3.04. The molecular formula is C14H19F2NO2. The summed E-state index contributed by atoms with van der Waals surface area (Å²) in [5.74, 6) is -1.89. The molecule has 0 radical (unpaired) electrons. The molecule has 5 heteroatoms. The molecule has 0 aliphatic heterocycles. The predicted molar refractivity (Wildman–Crippen MR) is 68.8 cm³/mol. The van der Waals surface area contributed by atoms with Crippen molar-refractivity contribution in [3.63, 3.8) is 0 Å². The number of halogens is 2. The minimum Gasteiger partial charge on any atom is -0.481 e. The lowest BCUT2D eigenvalue weighted by Gasteiger charge is -2.35. The Morgan fingerprint density at radius 1 is 1.32 bits per heavy atom. The summed E-state index contributed by atoms with van der Waals surface area (Å²) in [6, 6.07) is 3.30. The third-order valence-electron chi connectivity index (χ3n) is 2.91. The molecular weight excluding hydrogens is 252 g/mol. The number of hydrogen-bond donors (Lipinski definition) is 1. The van der Waals surface area contributed by atoms with Gasteiger partial charge in [-0.3, -0.25) is 9.69 Å². The molecule has 3 nitrogen and oxygen atoms in total. The van der Waals surface area contributed by atoms with Crippen molar-refractivity contribution in [1.29, 1.82) is 0 Å². The monoisotopic (exact) mass is 271 g/mol. The molecule has 0 aliphatic carbocycles. The van der Waals surface area contributed by atoms with Gasteiger partial charge in [0.25, 0.3) is 0 Å². The van der Waals surface area contributed by atoms with Crippen LogP contribution in [-0.2, 0) is 11.3 Å². The number of carboxylic acids is 1. The van der Waals surface area contributed by atoms with Gasteiger partial charge in [0.2, 0.25) is 0 Å². The number of rotatable bonds is 5. The molecule has 1 rings (SSSR count). The molecule has 0 aliphatic rings. The summed E-state index contributed by atoms with van der Waals surface area (Å²) >= 11 is 0. The van der Waals surface area contributed by atoms with E-state index in [0.717, 1.165) is 18.2 Å². The van der Waals surface area contributed by atoms with Crippen molar-refractivity contribution >= 4 is 5.97 Å². The maximum atomic E-state index is 13.6. The summed E-state index contributed by atoms with van der Waals surface area (Å²) in [6.45, 7) is 6.19. The van der Waals surface area contributed by atoms with Crippen LogP contribution in [0.5, 0.6) is 0 Å². The SMILES string of the molecule is CC(C)(C)N(CCC(=O)O)Cc1cc(F)ccc1F. The Bertz CT molecular complexity index is 455. The first-order valence-electron chi connectivity index (χ1n) is 6.11. The van der Waals surface area contributed by atoms with Gasteiger partial charge in [-0.2, -0.15) is 0 Å². The fourth-order valence-corrected chi connectivity index (χ4v) is 1.75. The first kappa shape index (κ1) is 15.6. The van der Waals surface area contributed by atoms with Gasteiger partial charge >= 0.3 is 5.97 Å². The summed E-state index contributed by atoms with van der Waals surface area (Å²) in [4.78, 5) is 12.5. The highest BCUT2D eigenvalue weighted by Crippen LogP contribution is 2.20. The van der Waals surface area contributed by atoms with E-state index < -0.39 is 17.6 Å². The molecule has 0 aromatic heterocycles. The zero-order chi connectivity index (χ0) is 14.6. The zero-order valence-electron chi connectivity index (χ0n) is 11.4. The lowest BCUT2D eigenvalue weighted by atomic mass is 10.0. The molecule has 19 heavy (non-hydrogen) atoms. The number of aliphatic carboxylic acids is 1. The summed E-state index contributed by atoms with van der Waals surface area (Å²) in [7, 11) is 0. The standard InChI is InChI=1S/C14H19F2NO2/c1-14(2,3)17(7-6-13(18)19)9-10-8-11(15)4-5-12(10)16/h4-5,8H,6-7,9H2,1-3H3,(H,18,19). The summed E-state index contributed by atoms with van der Waals surface area (Å²) in [6.07, 6.45) is -0.0335. The van der Waals surface area contributed by atoms with Crippen molar-refractivity contribution in [2.75, 3.05) is 6.54 Å². The fourth-order valence-electron chi connectivity index (χ4n) is 1.75. The van der Waals surface area contributed by atoms with Crippen molar-refractivity contribution in [2.24, 2.45) is 0 Å². The van der Waals surface area contributed by atoms with Crippen molar-refractivity contribution in [3.05, 3.63) is 35.4 Å². The van der Waals surface area contributed by atoms with Crippen LogP contribution in [0, 0.1) is 11.6 Å².